The standard InChI is InChI=1S/C12H8FN2O2/c1-8-4-3-7-14-12(8)9-5-2-6-10(11(9)13)15(16)17/h2-7H,1H2. The van der Waals surface area contributed by atoms with Crippen LogP contribution in [0.4, 0.5) is 10.1 Å². The average molecular weight is 231 g/mol. The number of nitrogens with zero attached hydrogens (tertiary/aromatic N) is 2. The van der Waals surface area contributed by atoms with Gasteiger partial charge in [-0.25, -0.2) is 0 Å². The highest BCUT2D eigenvalue weighted by atomic mass is 19.1. The first-order valence-corrected chi connectivity index (χ1v) is 4.81. The minimum atomic E-state index is -0.888. The van der Waals surface area contributed by atoms with Crippen LogP contribution >= 0.6 is 0 Å². The van der Waals surface area contributed by atoms with Crippen LogP contribution in [0.2, 0.25) is 0 Å². The average Bonchev–Trinajstić information content (AvgIpc) is 2.30. The zero-order chi connectivity index (χ0) is 12.4. The van der Waals surface area contributed by atoms with E-state index in [1.54, 1.807) is 12.1 Å². The molecule has 1 heterocycles. The van der Waals surface area contributed by atoms with Crippen LogP contribution in [-0.4, -0.2) is 9.91 Å². The Morgan fingerprint density at radius 3 is 2.71 bits per heavy atom. The fourth-order valence-corrected chi connectivity index (χ4v) is 1.52. The van der Waals surface area contributed by atoms with Crippen molar-refractivity contribution < 1.29 is 9.31 Å². The lowest BCUT2D eigenvalue weighted by molar-refractivity contribution is -0.387. The highest BCUT2D eigenvalue weighted by Gasteiger charge is 2.19. The van der Waals surface area contributed by atoms with Crippen LogP contribution in [0.3, 0.4) is 0 Å². The molecule has 0 atom stereocenters. The van der Waals surface area contributed by atoms with E-state index in [2.05, 4.69) is 11.9 Å². The van der Waals surface area contributed by atoms with Gasteiger partial charge >= 0.3 is 5.69 Å². The van der Waals surface area contributed by atoms with Gasteiger partial charge in [0.1, 0.15) is 0 Å². The van der Waals surface area contributed by atoms with Crippen molar-refractivity contribution in [2.24, 2.45) is 0 Å². The van der Waals surface area contributed by atoms with Crippen molar-refractivity contribution in [3.63, 3.8) is 0 Å². The summed E-state index contributed by atoms with van der Waals surface area (Å²) in [6.45, 7) is 3.71. The molecule has 85 valence electrons. The van der Waals surface area contributed by atoms with E-state index in [1.165, 1.54) is 18.3 Å². The number of benzene rings is 1. The molecule has 0 aliphatic carbocycles. The van der Waals surface area contributed by atoms with Gasteiger partial charge in [-0.15, -0.1) is 0 Å². The molecular weight excluding hydrogens is 223 g/mol. The largest absolute Gasteiger partial charge is 0.305 e. The summed E-state index contributed by atoms with van der Waals surface area (Å²) in [4.78, 5) is 13.8. The molecule has 0 spiro atoms. The number of nitro benzene ring substituents is 1. The van der Waals surface area contributed by atoms with Gasteiger partial charge in [0.05, 0.1) is 10.6 Å². The second kappa shape index (κ2) is 4.29. The molecule has 2 rings (SSSR count). The van der Waals surface area contributed by atoms with Crippen LogP contribution in [-0.2, 0) is 0 Å². The third-order valence-electron chi connectivity index (χ3n) is 2.32. The predicted octanol–water partition coefficient (Wildman–Crippen LogP) is 2.98. The number of hydrogen-bond acceptors (Lipinski definition) is 3. The van der Waals surface area contributed by atoms with Crippen molar-refractivity contribution in [2.75, 3.05) is 0 Å². The third-order valence-corrected chi connectivity index (χ3v) is 2.32. The van der Waals surface area contributed by atoms with Crippen LogP contribution in [0.15, 0.2) is 36.5 Å². The molecule has 0 saturated heterocycles. The second-order valence-corrected chi connectivity index (χ2v) is 3.41. The van der Waals surface area contributed by atoms with Gasteiger partial charge in [-0.05, 0) is 24.6 Å². The molecule has 1 radical (unpaired) electrons. The van der Waals surface area contributed by atoms with E-state index in [4.69, 9.17) is 0 Å². The maximum absolute atomic E-state index is 13.9. The summed E-state index contributed by atoms with van der Waals surface area (Å²) in [5.41, 5.74) is 0.359. The van der Waals surface area contributed by atoms with E-state index in [-0.39, 0.29) is 5.56 Å². The quantitative estimate of drug-likeness (QED) is 0.589. The van der Waals surface area contributed by atoms with Crippen molar-refractivity contribution in [3.8, 4) is 11.3 Å². The summed E-state index contributed by atoms with van der Waals surface area (Å²) in [5.74, 6) is -0.888. The van der Waals surface area contributed by atoms with Gasteiger partial charge in [-0.3, -0.25) is 15.1 Å². The molecule has 4 nitrogen and oxygen atoms in total. The molecule has 0 fully saturated rings. The van der Waals surface area contributed by atoms with E-state index < -0.39 is 16.4 Å². The second-order valence-electron chi connectivity index (χ2n) is 3.41. The Hall–Kier alpha value is -2.30. The van der Waals surface area contributed by atoms with Gasteiger partial charge in [0.25, 0.3) is 0 Å². The van der Waals surface area contributed by atoms with Crippen LogP contribution < -0.4 is 0 Å². The Morgan fingerprint density at radius 2 is 2.06 bits per heavy atom. The van der Waals surface area contributed by atoms with Gasteiger partial charge in [0.2, 0.25) is 5.82 Å². The van der Waals surface area contributed by atoms with Crippen molar-refractivity contribution >= 4 is 5.69 Å². The topological polar surface area (TPSA) is 56.0 Å². The van der Waals surface area contributed by atoms with Crippen LogP contribution in [0, 0.1) is 22.9 Å². The molecule has 5 heteroatoms. The number of aromatic nitrogens is 1. The molecule has 0 N–H and O–H groups in total. The van der Waals surface area contributed by atoms with E-state index in [0.29, 0.717) is 11.3 Å². The number of pyridine rings is 1. The third kappa shape index (κ3) is 1.99. The van der Waals surface area contributed by atoms with Gasteiger partial charge in [-0.1, -0.05) is 12.1 Å². The van der Waals surface area contributed by atoms with Crippen molar-refractivity contribution in [2.45, 2.75) is 0 Å². The Morgan fingerprint density at radius 1 is 1.29 bits per heavy atom. The van der Waals surface area contributed by atoms with Gasteiger partial charge in [0.15, 0.2) is 0 Å². The highest BCUT2D eigenvalue weighted by molar-refractivity contribution is 5.67. The van der Waals surface area contributed by atoms with Crippen LogP contribution in [0.25, 0.3) is 11.3 Å². The highest BCUT2D eigenvalue weighted by Crippen LogP contribution is 2.29. The first-order chi connectivity index (χ1) is 8.11. The lowest BCUT2D eigenvalue weighted by atomic mass is 10.1. The molecule has 0 bridgehead atoms. The number of rotatable bonds is 2. The van der Waals surface area contributed by atoms with E-state index in [1.807, 2.05) is 0 Å². The Labute approximate surface area is 96.9 Å². The zero-order valence-electron chi connectivity index (χ0n) is 8.76. The first kappa shape index (κ1) is 11.2. The van der Waals surface area contributed by atoms with Crippen molar-refractivity contribution in [1.29, 1.82) is 0 Å². The van der Waals surface area contributed by atoms with Crippen molar-refractivity contribution in [1.82, 2.24) is 4.98 Å². The van der Waals surface area contributed by atoms with Gasteiger partial charge < -0.3 is 0 Å². The van der Waals surface area contributed by atoms with E-state index in [0.717, 1.165) is 6.07 Å². The monoisotopic (exact) mass is 231 g/mol. The van der Waals surface area contributed by atoms with Crippen LogP contribution in [0.1, 0.15) is 5.56 Å². The summed E-state index contributed by atoms with van der Waals surface area (Å²) in [6, 6.07) is 7.32. The summed E-state index contributed by atoms with van der Waals surface area (Å²) in [5, 5.41) is 10.6. The summed E-state index contributed by atoms with van der Waals surface area (Å²) in [7, 11) is 0. The molecule has 0 amide bonds. The zero-order valence-corrected chi connectivity index (χ0v) is 8.76. The minimum Gasteiger partial charge on any atom is -0.258 e. The number of hydrogen-bond donors (Lipinski definition) is 0. The van der Waals surface area contributed by atoms with Gasteiger partial charge in [-0.2, -0.15) is 4.39 Å². The van der Waals surface area contributed by atoms with Crippen LogP contribution in [0.5, 0.6) is 0 Å². The lowest BCUT2D eigenvalue weighted by Gasteiger charge is -2.05. The van der Waals surface area contributed by atoms with Crippen molar-refractivity contribution in [3.05, 3.63) is 64.9 Å². The normalized spacial score (nSPS) is 10.2. The van der Waals surface area contributed by atoms with E-state index >= 15 is 0 Å². The summed E-state index contributed by atoms with van der Waals surface area (Å²) in [6.07, 6.45) is 1.49. The minimum absolute atomic E-state index is 0.0878. The summed E-state index contributed by atoms with van der Waals surface area (Å²) >= 11 is 0. The maximum Gasteiger partial charge on any atom is 0.305 e. The smallest absolute Gasteiger partial charge is 0.258 e. The molecule has 0 aliphatic rings. The molecule has 0 unspecified atom stereocenters. The molecule has 1 aromatic heterocycles. The fraction of sp³-hybridized carbons (Fsp3) is 0. The SMILES string of the molecule is [CH2]c1cccnc1-c1cccc([N+](=O)[O-])c1F. The lowest BCUT2D eigenvalue weighted by Crippen LogP contribution is -1.96. The van der Waals surface area contributed by atoms with Gasteiger partial charge in [0, 0.05) is 17.8 Å². The molecule has 2 aromatic rings. The Bertz CT molecular complexity index is 584. The molecule has 0 saturated carbocycles. The number of halogens is 1. The molecule has 17 heavy (non-hydrogen) atoms. The first-order valence-electron chi connectivity index (χ1n) is 4.81. The molecule has 0 aliphatic heterocycles. The predicted molar refractivity (Wildman–Crippen MR) is 60.7 cm³/mol. The van der Waals surface area contributed by atoms with E-state index in [9.17, 15) is 14.5 Å². The maximum atomic E-state index is 13.9. The summed E-state index contributed by atoms with van der Waals surface area (Å²) < 4.78 is 13.9. The Balaban J connectivity index is 2.65. The fourth-order valence-electron chi connectivity index (χ4n) is 1.52. The Kier molecular flexibility index (Phi) is 2.82. The molecule has 1 aromatic carbocycles. The number of nitro groups is 1. The molecular formula is C12H8FN2O2.